The molecule has 0 radical (unpaired) electrons. The maximum absolute atomic E-state index is 13.7. The molecule has 19 heavy (non-hydrogen) atoms. The fourth-order valence-electron chi connectivity index (χ4n) is 1.76. The largest absolute Gasteiger partial charge is 0.436 e. The number of aromatic nitrogens is 1. The molecular formula is C15H15BrFNO. The molecule has 0 aliphatic rings. The van der Waals surface area contributed by atoms with Crippen molar-refractivity contribution in [1.29, 1.82) is 0 Å². The van der Waals surface area contributed by atoms with Gasteiger partial charge in [-0.25, -0.2) is 9.37 Å². The summed E-state index contributed by atoms with van der Waals surface area (Å²) in [5.41, 5.74) is 0.932. The summed E-state index contributed by atoms with van der Waals surface area (Å²) in [4.78, 5) is 3.95. The molecule has 0 saturated heterocycles. The van der Waals surface area contributed by atoms with E-state index in [0.717, 1.165) is 5.56 Å². The minimum atomic E-state index is -0.488. The van der Waals surface area contributed by atoms with Crippen LogP contribution < -0.4 is 4.74 Å². The molecule has 100 valence electrons. The highest BCUT2D eigenvalue weighted by atomic mass is 79.9. The molecule has 0 N–H and O–H groups in total. The lowest BCUT2D eigenvalue weighted by Crippen LogP contribution is -2.12. The lowest BCUT2D eigenvalue weighted by atomic mass is 9.86. The first-order chi connectivity index (χ1) is 8.88. The minimum absolute atomic E-state index is 0.0140. The van der Waals surface area contributed by atoms with E-state index in [1.54, 1.807) is 0 Å². The van der Waals surface area contributed by atoms with E-state index in [9.17, 15) is 4.39 Å². The molecule has 0 fully saturated rings. The Bertz CT molecular complexity index is 593. The lowest BCUT2D eigenvalue weighted by molar-refractivity contribution is 0.407. The molecule has 1 aromatic carbocycles. The van der Waals surface area contributed by atoms with Gasteiger partial charge in [0.2, 0.25) is 0 Å². The lowest BCUT2D eigenvalue weighted by Gasteiger charge is -2.22. The fourth-order valence-corrected chi connectivity index (χ4v) is 2.06. The van der Waals surface area contributed by atoms with Crippen molar-refractivity contribution in [1.82, 2.24) is 4.98 Å². The van der Waals surface area contributed by atoms with Gasteiger partial charge in [0.25, 0.3) is 5.88 Å². The third kappa shape index (κ3) is 3.32. The molecule has 1 heterocycles. The van der Waals surface area contributed by atoms with Gasteiger partial charge in [0.1, 0.15) is 5.75 Å². The monoisotopic (exact) mass is 323 g/mol. The summed E-state index contributed by atoms with van der Waals surface area (Å²) in [6.45, 7) is 6.25. The van der Waals surface area contributed by atoms with Gasteiger partial charge in [0.15, 0.2) is 5.82 Å². The van der Waals surface area contributed by atoms with Crippen LogP contribution in [-0.4, -0.2) is 4.98 Å². The normalized spacial score (nSPS) is 11.4. The molecule has 2 aromatic rings. The number of hydrogen-bond acceptors (Lipinski definition) is 2. The molecular weight excluding hydrogens is 309 g/mol. The van der Waals surface area contributed by atoms with Crippen LogP contribution in [0.3, 0.4) is 0 Å². The zero-order valence-corrected chi connectivity index (χ0v) is 12.7. The molecule has 0 bridgehead atoms. The third-order valence-electron chi connectivity index (χ3n) is 2.68. The quantitative estimate of drug-likeness (QED) is 0.769. The van der Waals surface area contributed by atoms with Crippen molar-refractivity contribution in [3.63, 3.8) is 0 Å². The Kier molecular flexibility index (Phi) is 3.90. The van der Waals surface area contributed by atoms with Crippen LogP contribution in [0, 0.1) is 5.82 Å². The Labute approximate surface area is 120 Å². The van der Waals surface area contributed by atoms with E-state index in [1.807, 2.05) is 24.3 Å². The van der Waals surface area contributed by atoms with Crippen LogP contribution in [-0.2, 0) is 5.41 Å². The predicted octanol–water partition coefficient (Wildman–Crippen LogP) is 5.07. The zero-order valence-electron chi connectivity index (χ0n) is 11.1. The van der Waals surface area contributed by atoms with Crippen molar-refractivity contribution in [2.45, 2.75) is 26.2 Å². The number of nitrogens with zero attached hydrogens (tertiary/aromatic N) is 1. The number of para-hydroxylation sites is 1. The first-order valence-electron chi connectivity index (χ1n) is 5.96. The van der Waals surface area contributed by atoms with Crippen LogP contribution in [0.1, 0.15) is 26.3 Å². The second-order valence-electron chi connectivity index (χ2n) is 5.29. The highest BCUT2D eigenvalue weighted by Gasteiger charge is 2.19. The Balaban J connectivity index is 2.39. The Morgan fingerprint density at radius 1 is 1.21 bits per heavy atom. The topological polar surface area (TPSA) is 22.1 Å². The first kappa shape index (κ1) is 14.0. The van der Waals surface area contributed by atoms with Crippen molar-refractivity contribution < 1.29 is 9.13 Å². The standard InChI is InChI=1S/C15H15BrFNO/c1-15(2,3)11-6-4-5-7-13(11)19-14-12(17)8-10(16)9-18-14/h4-9H,1-3H3. The molecule has 4 heteroatoms. The molecule has 0 saturated carbocycles. The van der Waals surface area contributed by atoms with Gasteiger partial charge in [0.05, 0.1) is 0 Å². The van der Waals surface area contributed by atoms with Crippen molar-refractivity contribution in [3.8, 4) is 11.6 Å². The molecule has 2 rings (SSSR count). The Morgan fingerprint density at radius 2 is 1.89 bits per heavy atom. The van der Waals surface area contributed by atoms with Crippen LogP contribution in [0.2, 0.25) is 0 Å². The Hall–Kier alpha value is -1.42. The van der Waals surface area contributed by atoms with Crippen molar-refractivity contribution in [2.75, 3.05) is 0 Å². The highest BCUT2D eigenvalue weighted by Crippen LogP contribution is 2.34. The summed E-state index contributed by atoms with van der Waals surface area (Å²) in [6.07, 6.45) is 1.51. The SMILES string of the molecule is CC(C)(C)c1ccccc1Oc1ncc(Br)cc1F. The third-order valence-corrected chi connectivity index (χ3v) is 3.11. The second-order valence-corrected chi connectivity index (χ2v) is 6.20. The van der Waals surface area contributed by atoms with E-state index in [4.69, 9.17) is 4.74 Å². The van der Waals surface area contributed by atoms with Crippen molar-refractivity contribution in [3.05, 3.63) is 52.4 Å². The number of pyridine rings is 1. The van der Waals surface area contributed by atoms with Gasteiger partial charge >= 0.3 is 0 Å². The second kappa shape index (κ2) is 5.29. The maximum Gasteiger partial charge on any atom is 0.255 e. The molecule has 0 unspecified atom stereocenters. The van der Waals surface area contributed by atoms with E-state index >= 15 is 0 Å². The summed E-state index contributed by atoms with van der Waals surface area (Å²) in [5.74, 6) is 0.127. The van der Waals surface area contributed by atoms with Gasteiger partial charge in [-0.3, -0.25) is 0 Å². The Morgan fingerprint density at radius 3 is 2.53 bits per heavy atom. The van der Waals surface area contributed by atoms with Gasteiger partial charge in [-0.2, -0.15) is 0 Å². The predicted molar refractivity (Wildman–Crippen MR) is 77.1 cm³/mol. The summed E-state index contributed by atoms with van der Waals surface area (Å²) in [5, 5.41) is 0. The van der Waals surface area contributed by atoms with Gasteiger partial charge in [-0.1, -0.05) is 39.0 Å². The number of hydrogen-bond donors (Lipinski definition) is 0. The average molecular weight is 324 g/mol. The summed E-state index contributed by atoms with van der Waals surface area (Å²) in [7, 11) is 0. The molecule has 1 aromatic heterocycles. The zero-order chi connectivity index (χ0) is 14.0. The summed E-state index contributed by atoms with van der Waals surface area (Å²) in [6, 6.07) is 8.94. The fraction of sp³-hybridized carbons (Fsp3) is 0.267. The van der Waals surface area contributed by atoms with E-state index in [1.165, 1.54) is 12.3 Å². The van der Waals surface area contributed by atoms with Crippen LogP contribution in [0.15, 0.2) is 41.0 Å². The summed E-state index contributed by atoms with van der Waals surface area (Å²) < 4.78 is 19.9. The smallest absolute Gasteiger partial charge is 0.255 e. The van der Waals surface area contributed by atoms with Crippen LogP contribution in [0.25, 0.3) is 0 Å². The van der Waals surface area contributed by atoms with Crippen LogP contribution in [0.4, 0.5) is 4.39 Å². The van der Waals surface area contributed by atoms with Crippen LogP contribution >= 0.6 is 15.9 Å². The van der Waals surface area contributed by atoms with E-state index in [0.29, 0.717) is 10.2 Å². The number of halogens is 2. The van der Waals surface area contributed by atoms with Crippen molar-refractivity contribution in [2.24, 2.45) is 0 Å². The molecule has 0 spiro atoms. The van der Waals surface area contributed by atoms with Crippen molar-refractivity contribution >= 4 is 15.9 Å². The molecule has 2 nitrogen and oxygen atoms in total. The average Bonchev–Trinajstić information content (AvgIpc) is 2.32. The van der Waals surface area contributed by atoms with Gasteiger partial charge in [-0.15, -0.1) is 0 Å². The van der Waals surface area contributed by atoms with E-state index in [2.05, 4.69) is 41.7 Å². The van der Waals surface area contributed by atoms with Crippen LogP contribution in [0.5, 0.6) is 11.6 Å². The number of ether oxygens (including phenoxy) is 1. The maximum atomic E-state index is 13.7. The van der Waals surface area contributed by atoms with Gasteiger partial charge < -0.3 is 4.74 Å². The van der Waals surface area contributed by atoms with E-state index < -0.39 is 5.82 Å². The molecule has 0 amide bonds. The van der Waals surface area contributed by atoms with E-state index in [-0.39, 0.29) is 11.3 Å². The van der Waals surface area contributed by atoms with Gasteiger partial charge in [0, 0.05) is 16.2 Å². The molecule has 0 atom stereocenters. The number of benzene rings is 1. The highest BCUT2D eigenvalue weighted by molar-refractivity contribution is 9.10. The minimum Gasteiger partial charge on any atom is -0.436 e. The first-order valence-corrected chi connectivity index (χ1v) is 6.75. The number of rotatable bonds is 2. The summed E-state index contributed by atoms with van der Waals surface area (Å²) >= 11 is 3.17. The van der Waals surface area contributed by atoms with Gasteiger partial charge in [-0.05, 0) is 33.5 Å². The molecule has 0 aliphatic heterocycles. The molecule has 0 aliphatic carbocycles.